The fourth-order valence-electron chi connectivity index (χ4n) is 1.60. The van der Waals surface area contributed by atoms with E-state index >= 15 is 0 Å². The van der Waals surface area contributed by atoms with Crippen molar-refractivity contribution < 1.29 is 9.53 Å². The molecule has 1 aliphatic rings. The first-order chi connectivity index (χ1) is 8.28. The van der Waals surface area contributed by atoms with Crippen LogP contribution in [0.1, 0.15) is 18.4 Å². The molecule has 3 N–H and O–H groups in total. The molecule has 1 fully saturated rings. The second-order valence-electron chi connectivity index (χ2n) is 4.32. The van der Waals surface area contributed by atoms with Crippen molar-refractivity contribution in [2.24, 2.45) is 5.73 Å². The summed E-state index contributed by atoms with van der Waals surface area (Å²) in [5.41, 5.74) is 6.62. The average molecular weight is 234 g/mol. The highest BCUT2D eigenvalue weighted by molar-refractivity contribution is 5.78. The van der Waals surface area contributed by atoms with E-state index in [9.17, 15) is 4.79 Å². The van der Waals surface area contributed by atoms with Crippen LogP contribution in [0.15, 0.2) is 24.3 Å². The Hall–Kier alpha value is -1.55. The fourth-order valence-corrected chi connectivity index (χ4v) is 1.60. The van der Waals surface area contributed by atoms with Crippen LogP contribution in [0.2, 0.25) is 0 Å². The van der Waals surface area contributed by atoms with E-state index < -0.39 is 0 Å². The lowest BCUT2D eigenvalue weighted by Crippen LogP contribution is -2.30. The molecule has 2 rings (SSSR count). The SMILES string of the molecule is NCCc1cccc(OCC(=O)NC2CC2)c1. The van der Waals surface area contributed by atoms with E-state index in [4.69, 9.17) is 10.5 Å². The Morgan fingerprint density at radius 3 is 3.00 bits per heavy atom. The summed E-state index contributed by atoms with van der Waals surface area (Å²) in [6.07, 6.45) is 3.01. The van der Waals surface area contributed by atoms with Gasteiger partial charge in [0.1, 0.15) is 5.75 Å². The van der Waals surface area contributed by atoms with Gasteiger partial charge in [-0.1, -0.05) is 12.1 Å². The van der Waals surface area contributed by atoms with Crippen molar-refractivity contribution in [1.29, 1.82) is 0 Å². The first kappa shape index (κ1) is 11.9. The van der Waals surface area contributed by atoms with Gasteiger partial charge in [-0.2, -0.15) is 0 Å². The van der Waals surface area contributed by atoms with Crippen molar-refractivity contribution in [2.75, 3.05) is 13.2 Å². The molecule has 0 aromatic heterocycles. The van der Waals surface area contributed by atoms with Gasteiger partial charge < -0.3 is 15.8 Å². The molecule has 17 heavy (non-hydrogen) atoms. The Bertz CT molecular complexity index is 389. The molecular weight excluding hydrogens is 216 g/mol. The molecule has 1 amide bonds. The molecule has 1 aromatic rings. The monoisotopic (exact) mass is 234 g/mol. The van der Waals surface area contributed by atoms with Gasteiger partial charge in [-0.25, -0.2) is 0 Å². The highest BCUT2D eigenvalue weighted by atomic mass is 16.5. The lowest BCUT2D eigenvalue weighted by Gasteiger charge is -2.08. The summed E-state index contributed by atoms with van der Waals surface area (Å²) in [7, 11) is 0. The lowest BCUT2D eigenvalue weighted by molar-refractivity contribution is -0.123. The van der Waals surface area contributed by atoms with Gasteiger partial charge in [0.05, 0.1) is 0 Å². The predicted octanol–water partition coefficient (Wildman–Crippen LogP) is 0.845. The summed E-state index contributed by atoms with van der Waals surface area (Å²) < 4.78 is 5.43. The molecular formula is C13H18N2O2. The first-order valence-electron chi connectivity index (χ1n) is 5.99. The van der Waals surface area contributed by atoms with Crippen LogP contribution < -0.4 is 15.8 Å². The molecule has 0 atom stereocenters. The zero-order valence-electron chi connectivity index (χ0n) is 9.82. The van der Waals surface area contributed by atoms with Crippen molar-refractivity contribution in [3.05, 3.63) is 29.8 Å². The number of benzene rings is 1. The number of ether oxygens (including phenoxy) is 1. The normalized spacial score (nSPS) is 14.4. The van der Waals surface area contributed by atoms with Gasteiger partial charge in [-0.3, -0.25) is 4.79 Å². The molecule has 1 saturated carbocycles. The van der Waals surface area contributed by atoms with Crippen molar-refractivity contribution in [2.45, 2.75) is 25.3 Å². The van der Waals surface area contributed by atoms with E-state index in [0.717, 1.165) is 30.6 Å². The quantitative estimate of drug-likeness (QED) is 0.766. The van der Waals surface area contributed by atoms with Crippen LogP contribution in [0.4, 0.5) is 0 Å². The topological polar surface area (TPSA) is 64.3 Å². The highest BCUT2D eigenvalue weighted by Crippen LogP contribution is 2.18. The van der Waals surface area contributed by atoms with Gasteiger partial charge >= 0.3 is 0 Å². The van der Waals surface area contributed by atoms with Crippen molar-refractivity contribution in [3.63, 3.8) is 0 Å². The third-order valence-corrected chi connectivity index (χ3v) is 2.64. The first-order valence-corrected chi connectivity index (χ1v) is 5.99. The number of amides is 1. The Morgan fingerprint density at radius 2 is 2.29 bits per heavy atom. The molecule has 0 aliphatic heterocycles. The molecule has 92 valence electrons. The molecule has 0 heterocycles. The second kappa shape index (κ2) is 5.68. The van der Waals surface area contributed by atoms with Crippen LogP contribution in [-0.4, -0.2) is 25.1 Å². The van der Waals surface area contributed by atoms with Crippen LogP contribution in [0, 0.1) is 0 Å². The number of nitrogens with two attached hydrogens (primary N) is 1. The average Bonchev–Trinajstić information content (AvgIpc) is 3.11. The van der Waals surface area contributed by atoms with Gasteiger partial charge in [0.15, 0.2) is 6.61 Å². The maximum absolute atomic E-state index is 11.4. The van der Waals surface area contributed by atoms with Crippen LogP contribution in [0.3, 0.4) is 0 Å². The molecule has 1 aromatic carbocycles. The highest BCUT2D eigenvalue weighted by Gasteiger charge is 2.23. The predicted molar refractivity (Wildman–Crippen MR) is 65.9 cm³/mol. The van der Waals surface area contributed by atoms with E-state index in [2.05, 4.69) is 5.32 Å². The number of rotatable bonds is 6. The van der Waals surface area contributed by atoms with Crippen LogP contribution >= 0.6 is 0 Å². The van der Waals surface area contributed by atoms with Gasteiger partial charge in [0.25, 0.3) is 5.91 Å². The zero-order chi connectivity index (χ0) is 12.1. The molecule has 0 unspecified atom stereocenters. The van der Waals surface area contributed by atoms with E-state index in [-0.39, 0.29) is 12.5 Å². The summed E-state index contributed by atoms with van der Waals surface area (Å²) in [4.78, 5) is 11.4. The molecule has 0 bridgehead atoms. The molecule has 4 nitrogen and oxygen atoms in total. The van der Waals surface area contributed by atoms with Crippen LogP contribution in [-0.2, 0) is 11.2 Å². The minimum Gasteiger partial charge on any atom is -0.484 e. The minimum absolute atomic E-state index is 0.0447. The van der Waals surface area contributed by atoms with Gasteiger partial charge in [0.2, 0.25) is 0 Å². The molecule has 4 heteroatoms. The number of nitrogens with one attached hydrogen (secondary N) is 1. The molecule has 0 saturated heterocycles. The van der Waals surface area contributed by atoms with Crippen molar-refractivity contribution in [3.8, 4) is 5.75 Å². The Morgan fingerprint density at radius 1 is 1.47 bits per heavy atom. The summed E-state index contributed by atoms with van der Waals surface area (Å²) in [5.74, 6) is 0.679. The Labute approximate surface area is 101 Å². The third-order valence-electron chi connectivity index (χ3n) is 2.64. The Kier molecular flexibility index (Phi) is 3.98. The fraction of sp³-hybridized carbons (Fsp3) is 0.462. The van der Waals surface area contributed by atoms with Gasteiger partial charge in [-0.05, 0) is 43.5 Å². The number of hydrogen-bond acceptors (Lipinski definition) is 3. The zero-order valence-corrected chi connectivity index (χ0v) is 9.82. The number of carbonyl (C=O) groups is 1. The molecule has 1 aliphatic carbocycles. The largest absolute Gasteiger partial charge is 0.484 e. The van der Waals surface area contributed by atoms with E-state index in [0.29, 0.717) is 12.6 Å². The van der Waals surface area contributed by atoms with E-state index in [1.807, 2.05) is 24.3 Å². The van der Waals surface area contributed by atoms with Gasteiger partial charge in [-0.15, -0.1) is 0 Å². The molecule has 0 spiro atoms. The van der Waals surface area contributed by atoms with Crippen molar-refractivity contribution >= 4 is 5.91 Å². The maximum atomic E-state index is 11.4. The van der Waals surface area contributed by atoms with E-state index in [1.54, 1.807) is 0 Å². The summed E-state index contributed by atoms with van der Waals surface area (Å²) >= 11 is 0. The standard InChI is InChI=1S/C13H18N2O2/c14-7-6-10-2-1-3-12(8-10)17-9-13(16)15-11-4-5-11/h1-3,8,11H,4-7,9,14H2,(H,15,16). The lowest BCUT2D eigenvalue weighted by atomic mass is 10.1. The van der Waals surface area contributed by atoms with Crippen LogP contribution in [0.25, 0.3) is 0 Å². The Balaban J connectivity index is 1.80. The minimum atomic E-state index is -0.0447. The summed E-state index contributed by atoms with van der Waals surface area (Å²) in [6.45, 7) is 0.703. The van der Waals surface area contributed by atoms with Crippen LogP contribution in [0.5, 0.6) is 5.75 Å². The van der Waals surface area contributed by atoms with Crippen molar-refractivity contribution in [1.82, 2.24) is 5.32 Å². The smallest absolute Gasteiger partial charge is 0.258 e. The molecule has 0 radical (unpaired) electrons. The summed E-state index contributed by atoms with van der Waals surface area (Å²) in [5, 5.41) is 2.88. The maximum Gasteiger partial charge on any atom is 0.258 e. The third kappa shape index (κ3) is 4.07. The second-order valence-corrected chi connectivity index (χ2v) is 4.32. The van der Waals surface area contributed by atoms with E-state index in [1.165, 1.54) is 0 Å². The number of carbonyl (C=O) groups excluding carboxylic acids is 1. The van der Waals surface area contributed by atoms with Gasteiger partial charge in [0, 0.05) is 6.04 Å². The number of hydrogen-bond donors (Lipinski definition) is 2. The summed E-state index contributed by atoms with van der Waals surface area (Å²) in [6, 6.07) is 8.08.